The maximum Gasteiger partial charge on any atom is 0.410 e. The number of carbonyl (C=O) groups excluding carboxylic acids is 2. The van der Waals surface area contributed by atoms with Gasteiger partial charge in [-0.25, -0.2) is 4.79 Å². The molecule has 0 aromatic rings. The average molecular weight is 801 g/mol. The number of hydrogen-bond acceptors (Lipinski definition) is 6. The Morgan fingerprint density at radius 2 is 1.77 bits per heavy atom. The van der Waals surface area contributed by atoms with E-state index >= 15 is 0 Å². The van der Waals surface area contributed by atoms with E-state index in [4.69, 9.17) is 9.16 Å². The van der Waals surface area contributed by atoms with E-state index in [0.29, 0.717) is 39.0 Å². The number of ether oxygens (including phenoxy) is 1. The van der Waals surface area contributed by atoms with Gasteiger partial charge in [0.1, 0.15) is 25.9 Å². The first-order valence-corrected chi connectivity index (χ1v) is 25.0. The highest BCUT2D eigenvalue weighted by molar-refractivity contribution is 14.1. The Morgan fingerprint density at radius 3 is 2.34 bits per heavy atom. The van der Waals surface area contributed by atoms with E-state index in [2.05, 4.69) is 106 Å². The third kappa shape index (κ3) is 9.14. The van der Waals surface area contributed by atoms with Gasteiger partial charge in [0.05, 0.1) is 11.6 Å². The molecule has 2 N–H and O–H groups in total. The highest BCUT2D eigenvalue weighted by Gasteiger charge is 2.73. The maximum absolute atomic E-state index is 14.5. The highest BCUT2D eigenvalue weighted by Crippen LogP contribution is 2.59. The summed E-state index contributed by atoms with van der Waals surface area (Å²) in [6.07, 6.45) is 6.54. The largest absolute Gasteiger partial charge is 0.444 e. The first-order chi connectivity index (χ1) is 21.6. The van der Waals surface area contributed by atoms with Crippen LogP contribution in [0.4, 0.5) is 4.79 Å². The number of rotatable bonds is 11. The van der Waals surface area contributed by atoms with Crippen molar-refractivity contribution < 1.29 is 29.0 Å². The van der Waals surface area contributed by atoms with Crippen LogP contribution in [0.5, 0.6) is 0 Å². The molecule has 2 saturated heterocycles. The second-order valence-electron chi connectivity index (χ2n) is 17.2. The lowest BCUT2D eigenvalue weighted by molar-refractivity contribution is -0.169. The van der Waals surface area contributed by atoms with E-state index in [9.17, 15) is 19.8 Å². The number of hydrogen-bond donors (Lipinski definition) is 2. The van der Waals surface area contributed by atoms with Crippen LogP contribution >= 0.6 is 22.6 Å². The molecule has 3 rings (SSSR count). The number of nitrogens with zero attached hydrogens (tertiary/aromatic N) is 2. The number of piperidine rings is 1. The number of allylic oxidation sites excluding steroid dienone is 3. The molecule has 0 aromatic heterocycles. The van der Waals surface area contributed by atoms with Crippen molar-refractivity contribution in [2.75, 3.05) is 19.7 Å². The summed E-state index contributed by atoms with van der Waals surface area (Å²) in [5.41, 5.74) is 1.29. The topological polar surface area (TPSA) is 99.5 Å². The lowest BCUT2D eigenvalue weighted by atomic mass is 9.57. The number of carbonyl (C=O) groups is 2. The molecule has 266 valence electrons. The van der Waals surface area contributed by atoms with Gasteiger partial charge in [-0.3, -0.25) is 4.79 Å². The van der Waals surface area contributed by atoms with Crippen LogP contribution in [0.2, 0.25) is 37.8 Å². The molecule has 1 unspecified atom stereocenters. The molecule has 0 spiro atoms. The Hall–Kier alpha value is -1.18. The Morgan fingerprint density at radius 1 is 1.11 bits per heavy atom. The van der Waals surface area contributed by atoms with Gasteiger partial charge in [0.2, 0.25) is 5.91 Å². The van der Waals surface area contributed by atoms with Crippen LogP contribution in [0.25, 0.3) is 0 Å². The maximum atomic E-state index is 14.5. The van der Waals surface area contributed by atoms with Crippen LogP contribution in [0.3, 0.4) is 0 Å². The molecule has 4 bridgehead atoms. The van der Waals surface area contributed by atoms with Gasteiger partial charge in [-0.05, 0) is 75.1 Å². The van der Waals surface area contributed by atoms with Crippen molar-refractivity contribution in [3.8, 4) is 11.5 Å². The molecule has 7 atom stereocenters. The fourth-order valence-electron chi connectivity index (χ4n) is 7.32. The second kappa shape index (κ2) is 15.4. The molecule has 0 radical (unpaired) electrons. The van der Waals surface area contributed by atoms with Crippen LogP contribution < -0.4 is 0 Å². The number of aliphatic hydroxyl groups is 2. The molecule has 3 aliphatic rings. The number of halogens is 1. The molecule has 2 heterocycles. The summed E-state index contributed by atoms with van der Waals surface area (Å²) in [6.45, 7) is 24.0. The molecule has 11 heteroatoms. The Labute approximate surface area is 300 Å². The number of likely N-dealkylation sites (tertiary alicyclic amines) is 2. The number of unbranched alkanes of at least 4 members (excludes halogenated alkanes) is 1. The van der Waals surface area contributed by atoms with Crippen LogP contribution in [0.1, 0.15) is 73.6 Å². The zero-order valence-electron chi connectivity index (χ0n) is 30.7. The Bertz CT molecular complexity index is 1240. The van der Waals surface area contributed by atoms with Gasteiger partial charge in [0.25, 0.3) is 0 Å². The summed E-state index contributed by atoms with van der Waals surface area (Å²) in [5.74, 6) is 2.20. The number of aliphatic hydroxyl groups excluding tert-OH is 2. The van der Waals surface area contributed by atoms with Crippen molar-refractivity contribution >= 4 is 51.0 Å². The Kier molecular flexibility index (Phi) is 13.2. The molecule has 1 saturated carbocycles. The molecule has 8 nitrogen and oxygen atoms in total. The van der Waals surface area contributed by atoms with Gasteiger partial charge in [-0.1, -0.05) is 87.2 Å². The van der Waals surface area contributed by atoms with Crippen molar-refractivity contribution in [3.63, 3.8) is 0 Å². The van der Waals surface area contributed by atoms with Gasteiger partial charge in [0.15, 0.2) is 8.32 Å². The Balaban J connectivity index is 2.17. The van der Waals surface area contributed by atoms with Crippen molar-refractivity contribution in [3.05, 3.63) is 22.3 Å². The van der Waals surface area contributed by atoms with E-state index in [1.807, 2.05) is 29.8 Å². The predicted molar refractivity (Wildman–Crippen MR) is 203 cm³/mol. The highest BCUT2D eigenvalue weighted by atomic mass is 127. The molecule has 2 aliphatic heterocycles. The fraction of sp³-hybridized carbons (Fsp3) is 0.778. The first-order valence-electron chi connectivity index (χ1n) is 17.3. The minimum Gasteiger partial charge on any atom is -0.444 e. The molecule has 3 fully saturated rings. The third-order valence-corrected chi connectivity index (χ3v) is 16.3. The zero-order chi connectivity index (χ0) is 35.6. The molecule has 0 aromatic carbocycles. The summed E-state index contributed by atoms with van der Waals surface area (Å²) in [4.78, 5) is 32.1. The van der Waals surface area contributed by atoms with Crippen molar-refractivity contribution in [2.24, 2.45) is 17.8 Å². The lowest BCUT2D eigenvalue weighted by Gasteiger charge is -2.61. The number of amides is 2. The van der Waals surface area contributed by atoms with Gasteiger partial charge in [-0.15, -0.1) is 5.54 Å². The molecular weight excluding hydrogens is 739 g/mol. The van der Waals surface area contributed by atoms with Crippen LogP contribution in [-0.2, 0) is 14.0 Å². The molecule has 47 heavy (non-hydrogen) atoms. The third-order valence-electron chi connectivity index (χ3n) is 10.4. The van der Waals surface area contributed by atoms with Gasteiger partial charge >= 0.3 is 6.09 Å². The summed E-state index contributed by atoms with van der Waals surface area (Å²) in [5, 5.41) is 24.1. The van der Waals surface area contributed by atoms with E-state index in [0.717, 1.165) is 12.8 Å². The quantitative estimate of drug-likeness (QED) is 0.0760. The average Bonchev–Trinajstić information content (AvgIpc) is 3.10. The monoisotopic (exact) mass is 800 g/mol. The van der Waals surface area contributed by atoms with Crippen LogP contribution in [0, 0.1) is 29.2 Å². The summed E-state index contributed by atoms with van der Waals surface area (Å²) >= 11 is 2.21. The molecule has 2 amide bonds. The molecule has 1 aliphatic carbocycles. The van der Waals surface area contributed by atoms with Crippen LogP contribution in [0.15, 0.2) is 22.3 Å². The van der Waals surface area contributed by atoms with Gasteiger partial charge < -0.3 is 29.2 Å². The molecular formula is C36H61IN2O6Si2. The van der Waals surface area contributed by atoms with E-state index < -0.39 is 51.9 Å². The standard InChI is InChI=1S/C36H61IN2O6Si2/c1-34(2,3)45-33(43)38-22-18-28-27-24-26(25-44-47(10,11)35(4,5)6)30(38)36(28,31(41)29(40)19-23-46(7,8)9)39(32(27)42)21-17-15-13-12-14-16-20-37/h12-13,16,20,26-31,40-41H,14-15,17-18,21-22,24-25H2,1-11H3/b13-12-,20-16-/t26-,27?,28+,29+,30+,31-,36+/m0/s1. The predicted octanol–water partition coefficient (Wildman–Crippen LogP) is 7.13. The van der Waals surface area contributed by atoms with E-state index in [-0.39, 0.29) is 28.7 Å². The van der Waals surface area contributed by atoms with Crippen molar-refractivity contribution in [2.45, 2.75) is 141 Å². The van der Waals surface area contributed by atoms with Crippen molar-refractivity contribution in [1.29, 1.82) is 0 Å². The van der Waals surface area contributed by atoms with E-state index in [1.54, 1.807) is 4.90 Å². The summed E-state index contributed by atoms with van der Waals surface area (Å²) < 4.78 is 14.8. The first kappa shape index (κ1) is 40.3. The fourth-order valence-corrected chi connectivity index (χ4v) is 9.26. The van der Waals surface area contributed by atoms with Crippen LogP contribution in [-0.4, -0.2) is 97.5 Å². The normalized spacial score (nSPS) is 28.1. The van der Waals surface area contributed by atoms with E-state index in [1.165, 1.54) is 0 Å². The SMILES string of the molecule is CC(C)(C)OC(=O)N1CC[C@@H]2C3C[C@@H](CO[Si](C)(C)C(C)(C)C)[C@@H]1[C@]2([C@@H](O)[C@H](O)C#C[Si](C)(C)C)N(CCC/C=C\C/C=C\I)C3=O. The lowest BCUT2D eigenvalue weighted by Crippen LogP contribution is -2.77. The second-order valence-corrected chi connectivity index (χ2v) is 27.5. The minimum atomic E-state index is -2.20. The zero-order valence-corrected chi connectivity index (χ0v) is 34.9. The summed E-state index contributed by atoms with van der Waals surface area (Å²) in [7, 11) is -4.09. The van der Waals surface area contributed by atoms with Gasteiger partial charge in [-0.2, -0.15) is 0 Å². The summed E-state index contributed by atoms with van der Waals surface area (Å²) in [6, 6.07) is -0.605. The van der Waals surface area contributed by atoms with Gasteiger partial charge in [0, 0.05) is 37.5 Å². The smallest absolute Gasteiger partial charge is 0.410 e. The van der Waals surface area contributed by atoms with Crippen molar-refractivity contribution in [1.82, 2.24) is 9.80 Å². The minimum absolute atomic E-state index is 0.00194.